The van der Waals surface area contributed by atoms with Crippen LogP contribution in [0.3, 0.4) is 0 Å². The van der Waals surface area contributed by atoms with E-state index in [1.807, 2.05) is 31.3 Å². The molecule has 0 bridgehead atoms. The fraction of sp³-hybridized carbons (Fsp3) is 0.308. The molecular weight excluding hydrogens is 232 g/mol. The lowest BCUT2D eigenvalue weighted by Gasteiger charge is -2.04. The highest BCUT2D eigenvalue weighted by Gasteiger charge is 1.99. The monoisotopic (exact) mass is 248 g/mol. The molecule has 90 valence electrons. The zero-order valence-electron chi connectivity index (χ0n) is 9.85. The molecule has 0 aliphatic carbocycles. The maximum Gasteiger partial charge on any atom is 0.0892 e. The lowest BCUT2D eigenvalue weighted by Crippen LogP contribution is -2.08. The summed E-state index contributed by atoms with van der Waals surface area (Å²) < 4.78 is 5.62. The van der Waals surface area contributed by atoms with Crippen molar-refractivity contribution in [2.75, 3.05) is 7.05 Å². The van der Waals surface area contributed by atoms with Gasteiger partial charge in [0.25, 0.3) is 0 Å². The summed E-state index contributed by atoms with van der Waals surface area (Å²) in [4.78, 5) is 5.74. The molecule has 0 aliphatic rings. The lowest BCUT2D eigenvalue weighted by atomic mass is 10.3. The Morgan fingerprint density at radius 3 is 2.82 bits per heavy atom. The molecule has 2 aromatic rings. The van der Waals surface area contributed by atoms with Crippen LogP contribution in [0.5, 0.6) is 0 Å². The van der Waals surface area contributed by atoms with Crippen LogP contribution in [-0.2, 0) is 24.5 Å². The fourth-order valence-corrected chi connectivity index (χ4v) is 2.18. The number of hydrogen-bond donors (Lipinski definition) is 1. The van der Waals surface area contributed by atoms with E-state index in [4.69, 9.17) is 4.74 Å². The number of pyridine rings is 1. The van der Waals surface area contributed by atoms with E-state index in [-0.39, 0.29) is 0 Å². The molecule has 3 nitrogen and oxygen atoms in total. The molecule has 0 aromatic carbocycles. The minimum Gasteiger partial charge on any atom is -0.370 e. The van der Waals surface area contributed by atoms with Gasteiger partial charge in [0.15, 0.2) is 0 Å². The van der Waals surface area contributed by atoms with Gasteiger partial charge in [-0.1, -0.05) is 12.1 Å². The molecule has 0 spiro atoms. The first-order valence-electron chi connectivity index (χ1n) is 5.58. The Hall–Kier alpha value is -1.23. The predicted molar refractivity (Wildman–Crippen MR) is 69.8 cm³/mol. The number of rotatable bonds is 6. The average Bonchev–Trinajstić information content (AvgIpc) is 2.83. The van der Waals surface area contributed by atoms with E-state index in [2.05, 4.69) is 21.7 Å². The molecule has 17 heavy (non-hydrogen) atoms. The quantitative estimate of drug-likeness (QED) is 0.853. The van der Waals surface area contributed by atoms with Gasteiger partial charge in [-0.25, -0.2) is 0 Å². The molecule has 2 heterocycles. The molecule has 0 saturated heterocycles. The Morgan fingerprint density at radius 1 is 1.18 bits per heavy atom. The summed E-state index contributed by atoms with van der Waals surface area (Å²) in [5, 5.41) is 5.15. The van der Waals surface area contributed by atoms with Crippen LogP contribution >= 0.6 is 11.3 Å². The van der Waals surface area contributed by atoms with Crippen molar-refractivity contribution < 1.29 is 4.74 Å². The first-order chi connectivity index (χ1) is 8.38. The van der Waals surface area contributed by atoms with Crippen molar-refractivity contribution >= 4 is 11.3 Å². The summed E-state index contributed by atoms with van der Waals surface area (Å²) in [6.07, 6.45) is 0. The van der Waals surface area contributed by atoms with Gasteiger partial charge in [-0.3, -0.25) is 4.98 Å². The number of nitrogens with zero attached hydrogens (tertiary/aromatic N) is 1. The number of aromatic nitrogens is 1. The van der Waals surface area contributed by atoms with Crippen molar-refractivity contribution in [2.24, 2.45) is 0 Å². The Morgan fingerprint density at radius 2 is 2.06 bits per heavy atom. The zero-order valence-corrected chi connectivity index (χ0v) is 10.7. The number of thiophene rings is 1. The van der Waals surface area contributed by atoms with E-state index >= 15 is 0 Å². The van der Waals surface area contributed by atoms with Crippen molar-refractivity contribution in [3.8, 4) is 0 Å². The molecule has 2 aromatic heterocycles. The van der Waals surface area contributed by atoms with Crippen LogP contribution in [-0.4, -0.2) is 12.0 Å². The average molecular weight is 248 g/mol. The van der Waals surface area contributed by atoms with Crippen LogP contribution in [0.1, 0.15) is 16.3 Å². The topological polar surface area (TPSA) is 34.1 Å². The second kappa shape index (κ2) is 6.49. The standard InChI is InChI=1S/C13H16N2OS/c1-14-8-11-4-2-5-12(15-11)9-16-10-13-6-3-7-17-13/h2-7,14H,8-10H2,1H3. The SMILES string of the molecule is CNCc1cccc(COCc2cccs2)n1. The predicted octanol–water partition coefficient (Wildman–Crippen LogP) is 2.58. The van der Waals surface area contributed by atoms with Crippen LogP contribution in [0.4, 0.5) is 0 Å². The summed E-state index contributed by atoms with van der Waals surface area (Å²) in [7, 11) is 1.92. The molecule has 0 radical (unpaired) electrons. The highest BCUT2D eigenvalue weighted by molar-refractivity contribution is 7.09. The molecule has 2 rings (SSSR count). The van der Waals surface area contributed by atoms with Gasteiger partial charge in [-0.2, -0.15) is 0 Å². The van der Waals surface area contributed by atoms with Crippen LogP contribution in [0, 0.1) is 0 Å². The lowest BCUT2D eigenvalue weighted by molar-refractivity contribution is 0.106. The highest BCUT2D eigenvalue weighted by atomic mass is 32.1. The zero-order chi connectivity index (χ0) is 11.9. The normalized spacial score (nSPS) is 10.6. The molecule has 0 aliphatic heterocycles. The van der Waals surface area contributed by atoms with E-state index in [0.717, 1.165) is 17.9 Å². The van der Waals surface area contributed by atoms with Gasteiger partial charge in [-0.15, -0.1) is 11.3 Å². The van der Waals surface area contributed by atoms with E-state index in [0.29, 0.717) is 13.2 Å². The maximum atomic E-state index is 5.62. The van der Waals surface area contributed by atoms with Gasteiger partial charge in [0, 0.05) is 11.4 Å². The van der Waals surface area contributed by atoms with Gasteiger partial charge in [-0.05, 0) is 30.6 Å². The van der Waals surface area contributed by atoms with Crippen molar-refractivity contribution in [1.82, 2.24) is 10.3 Å². The first-order valence-corrected chi connectivity index (χ1v) is 6.46. The smallest absolute Gasteiger partial charge is 0.0892 e. The molecule has 4 heteroatoms. The summed E-state index contributed by atoms with van der Waals surface area (Å²) in [5.74, 6) is 0. The third-order valence-electron chi connectivity index (χ3n) is 2.30. The summed E-state index contributed by atoms with van der Waals surface area (Å²) in [5.41, 5.74) is 2.03. The third-order valence-corrected chi connectivity index (χ3v) is 3.15. The molecule has 1 N–H and O–H groups in total. The maximum absolute atomic E-state index is 5.62. The minimum absolute atomic E-state index is 0.565. The van der Waals surface area contributed by atoms with E-state index < -0.39 is 0 Å². The summed E-state index contributed by atoms with van der Waals surface area (Å²) in [6, 6.07) is 10.1. The largest absolute Gasteiger partial charge is 0.370 e. The van der Waals surface area contributed by atoms with Gasteiger partial charge < -0.3 is 10.1 Å². The van der Waals surface area contributed by atoms with Crippen LogP contribution in [0.25, 0.3) is 0 Å². The Balaban J connectivity index is 1.84. The third kappa shape index (κ3) is 3.93. The summed E-state index contributed by atoms with van der Waals surface area (Å²) in [6.45, 7) is 2.02. The van der Waals surface area contributed by atoms with Crippen molar-refractivity contribution in [2.45, 2.75) is 19.8 Å². The minimum atomic E-state index is 0.565. The molecule has 0 atom stereocenters. The molecule has 0 amide bonds. The number of hydrogen-bond acceptors (Lipinski definition) is 4. The van der Waals surface area contributed by atoms with Crippen LogP contribution in [0.15, 0.2) is 35.7 Å². The van der Waals surface area contributed by atoms with E-state index in [1.165, 1.54) is 4.88 Å². The van der Waals surface area contributed by atoms with Gasteiger partial charge in [0.05, 0.1) is 24.6 Å². The fourth-order valence-electron chi connectivity index (χ4n) is 1.54. The van der Waals surface area contributed by atoms with Gasteiger partial charge >= 0.3 is 0 Å². The van der Waals surface area contributed by atoms with Gasteiger partial charge in [0.2, 0.25) is 0 Å². The number of ether oxygens (including phenoxy) is 1. The van der Waals surface area contributed by atoms with E-state index in [9.17, 15) is 0 Å². The first kappa shape index (κ1) is 12.2. The Kier molecular flexibility index (Phi) is 4.67. The van der Waals surface area contributed by atoms with Crippen LogP contribution in [0.2, 0.25) is 0 Å². The Labute approximate surface area is 105 Å². The van der Waals surface area contributed by atoms with E-state index in [1.54, 1.807) is 11.3 Å². The number of nitrogens with one attached hydrogen (secondary N) is 1. The second-order valence-corrected chi connectivity index (χ2v) is 4.75. The van der Waals surface area contributed by atoms with Crippen LogP contribution < -0.4 is 5.32 Å². The highest BCUT2D eigenvalue weighted by Crippen LogP contribution is 2.11. The molecule has 0 fully saturated rings. The molecule has 0 unspecified atom stereocenters. The van der Waals surface area contributed by atoms with Crippen molar-refractivity contribution in [3.05, 3.63) is 52.0 Å². The van der Waals surface area contributed by atoms with Crippen molar-refractivity contribution in [1.29, 1.82) is 0 Å². The molecular formula is C13H16N2OS. The molecule has 0 saturated carbocycles. The Bertz CT molecular complexity index is 442. The van der Waals surface area contributed by atoms with Crippen molar-refractivity contribution in [3.63, 3.8) is 0 Å². The summed E-state index contributed by atoms with van der Waals surface area (Å²) >= 11 is 1.71. The second-order valence-electron chi connectivity index (χ2n) is 3.72. The van der Waals surface area contributed by atoms with Gasteiger partial charge in [0.1, 0.15) is 0 Å².